The van der Waals surface area contributed by atoms with Crippen molar-refractivity contribution in [1.82, 2.24) is 15.5 Å². The van der Waals surface area contributed by atoms with Gasteiger partial charge in [-0.1, -0.05) is 0 Å². The molecule has 0 aromatic carbocycles. The van der Waals surface area contributed by atoms with Crippen molar-refractivity contribution in [2.24, 2.45) is 0 Å². The van der Waals surface area contributed by atoms with E-state index in [-0.39, 0.29) is 19.4 Å². The number of hydrogen-bond donors (Lipinski definition) is 3. The minimum Gasteiger partial charge on any atom is -0.467 e. The van der Waals surface area contributed by atoms with Gasteiger partial charge in [0.15, 0.2) is 0 Å². The number of alkyl carbamates (subject to hydrolysis) is 2. The molecule has 210 valence electrons. The minimum absolute atomic E-state index is 0.0316. The van der Waals surface area contributed by atoms with Crippen LogP contribution in [0.5, 0.6) is 0 Å². The SMILES string of the molecule is COC(=O)C(CCN(CCCCO)CCC(NC(=O)OC(C)(C)C)C(=O)OC)NC(=O)OC(C)(C)C. The second-order valence-corrected chi connectivity index (χ2v) is 10.3. The molecule has 0 saturated heterocycles. The third-order valence-corrected chi connectivity index (χ3v) is 4.70. The maximum absolute atomic E-state index is 12.2. The van der Waals surface area contributed by atoms with Gasteiger partial charge in [0.1, 0.15) is 23.3 Å². The Morgan fingerprint density at radius 2 is 1.11 bits per heavy atom. The second-order valence-electron chi connectivity index (χ2n) is 10.3. The fourth-order valence-corrected chi connectivity index (χ4v) is 3.09. The van der Waals surface area contributed by atoms with Gasteiger partial charge >= 0.3 is 24.1 Å². The molecular formula is C24H45N3O9. The third kappa shape index (κ3) is 16.1. The lowest BCUT2D eigenvalue weighted by atomic mass is 10.1. The van der Waals surface area contributed by atoms with E-state index in [4.69, 9.17) is 24.1 Å². The first-order valence-electron chi connectivity index (χ1n) is 12.1. The van der Waals surface area contributed by atoms with E-state index in [1.807, 2.05) is 4.90 Å². The summed E-state index contributed by atoms with van der Waals surface area (Å²) in [5.41, 5.74) is -1.46. The Bertz CT molecular complexity index is 648. The van der Waals surface area contributed by atoms with Crippen molar-refractivity contribution in [3.8, 4) is 0 Å². The first-order valence-corrected chi connectivity index (χ1v) is 12.1. The van der Waals surface area contributed by atoms with Crippen molar-refractivity contribution >= 4 is 24.1 Å². The van der Waals surface area contributed by atoms with Gasteiger partial charge in [-0.2, -0.15) is 0 Å². The Kier molecular flexibility index (Phi) is 15.0. The van der Waals surface area contributed by atoms with Crippen LogP contribution in [-0.4, -0.2) is 97.9 Å². The van der Waals surface area contributed by atoms with Gasteiger partial charge in [-0.3, -0.25) is 0 Å². The molecule has 0 aromatic rings. The van der Waals surface area contributed by atoms with Gasteiger partial charge in [0.05, 0.1) is 14.2 Å². The standard InChI is InChI=1S/C24H45N3O9/c1-23(2,3)35-21(31)25-17(19(29)33-7)11-14-27(13-9-10-16-28)15-12-18(20(30)34-8)26-22(32)36-24(4,5)6/h17-18,28H,9-16H2,1-8H3,(H,25,31)(H,26,32). The zero-order valence-corrected chi connectivity index (χ0v) is 23.0. The highest BCUT2D eigenvalue weighted by atomic mass is 16.6. The third-order valence-electron chi connectivity index (χ3n) is 4.70. The molecule has 12 heteroatoms. The van der Waals surface area contributed by atoms with E-state index in [0.29, 0.717) is 32.5 Å². The molecule has 2 amide bonds. The number of unbranched alkanes of at least 4 members (excludes halogenated alkanes) is 1. The molecule has 0 rings (SSSR count). The summed E-state index contributed by atoms with van der Waals surface area (Å²) < 4.78 is 20.1. The van der Waals surface area contributed by atoms with Gasteiger partial charge in [-0.25, -0.2) is 19.2 Å². The van der Waals surface area contributed by atoms with Crippen LogP contribution in [0.3, 0.4) is 0 Å². The van der Waals surface area contributed by atoms with E-state index in [0.717, 1.165) is 0 Å². The maximum atomic E-state index is 12.2. The minimum atomic E-state index is -0.943. The molecule has 3 N–H and O–H groups in total. The summed E-state index contributed by atoms with van der Waals surface area (Å²) in [6.07, 6.45) is 0.195. The van der Waals surface area contributed by atoms with Crippen molar-refractivity contribution < 1.29 is 43.2 Å². The van der Waals surface area contributed by atoms with E-state index < -0.39 is 47.4 Å². The van der Waals surface area contributed by atoms with Crippen molar-refractivity contribution in [3.05, 3.63) is 0 Å². The molecule has 0 fully saturated rings. The fraction of sp³-hybridized carbons (Fsp3) is 0.833. The molecule has 2 atom stereocenters. The van der Waals surface area contributed by atoms with Crippen molar-refractivity contribution in [3.63, 3.8) is 0 Å². The molecular weight excluding hydrogens is 474 g/mol. The molecule has 0 aliphatic rings. The number of ether oxygens (including phenoxy) is 4. The summed E-state index contributed by atoms with van der Waals surface area (Å²) >= 11 is 0. The first-order chi connectivity index (χ1) is 16.6. The van der Waals surface area contributed by atoms with Crippen molar-refractivity contribution in [2.45, 2.75) is 90.5 Å². The van der Waals surface area contributed by atoms with Gasteiger partial charge in [-0.05, 0) is 73.8 Å². The monoisotopic (exact) mass is 519 g/mol. The molecule has 12 nitrogen and oxygen atoms in total. The van der Waals surface area contributed by atoms with Crippen LogP contribution in [0.25, 0.3) is 0 Å². The highest BCUT2D eigenvalue weighted by molar-refractivity contribution is 5.82. The van der Waals surface area contributed by atoms with Crippen LogP contribution in [0.2, 0.25) is 0 Å². The second kappa shape index (κ2) is 16.2. The summed E-state index contributed by atoms with van der Waals surface area (Å²) in [7, 11) is 2.46. The largest absolute Gasteiger partial charge is 0.467 e. The summed E-state index contributed by atoms with van der Waals surface area (Å²) in [5, 5.41) is 14.2. The average Bonchev–Trinajstić information content (AvgIpc) is 2.74. The predicted molar refractivity (Wildman–Crippen MR) is 132 cm³/mol. The summed E-state index contributed by atoms with van der Waals surface area (Å²) in [6, 6.07) is -1.89. The van der Waals surface area contributed by atoms with Crippen LogP contribution in [0.15, 0.2) is 0 Å². The Labute approximate surface area is 214 Å². The van der Waals surface area contributed by atoms with Crippen LogP contribution >= 0.6 is 0 Å². The number of rotatable bonds is 14. The quantitative estimate of drug-likeness (QED) is 0.176. The predicted octanol–water partition coefficient (Wildman–Crippen LogP) is 1.97. The Hall–Kier alpha value is -2.60. The van der Waals surface area contributed by atoms with E-state index in [9.17, 15) is 19.2 Å². The molecule has 0 aliphatic carbocycles. The van der Waals surface area contributed by atoms with Crippen LogP contribution in [0.4, 0.5) is 9.59 Å². The lowest BCUT2D eigenvalue weighted by Gasteiger charge is -2.27. The molecule has 0 spiro atoms. The number of carbonyl (C=O) groups excluding carboxylic acids is 4. The van der Waals surface area contributed by atoms with Crippen LogP contribution < -0.4 is 10.6 Å². The van der Waals surface area contributed by atoms with Crippen molar-refractivity contribution in [2.75, 3.05) is 40.5 Å². The van der Waals surface area contributed by atoms with Gasteiger partial charge in [0, 0.05) is 19.7 Å². The Morgan fingerprint density at radius 3 is 1.42 bits per heavy atom. The van der Waals surface area contributed by atoms with Crippen LogP contribution in [-0.2, 0) is 28.5 Å². The normalized spacial score (nSPS) is 13.4. The molecule has 36 heavy (non-hydrogen) atoms. The van der Waals surface area contributed by atoms with Crippen LogP contribution in [0, 0.1) is 0 Å². The molecule has 0 heterocycles. The lowest BCUT2D eigenvalue weighted by Crippen LogP contribution is -2.47. The topological polar surface area (TPSA) is 153 Å². The van der Waals surface area contributed by atoms with Gasteiger partial charge in [-0.15, -0.1) is 0 Å². The summed E-state index contributed by atoms with van der Waals surface area (Å²) in [4.78, 5) is 50.8. The van der Waals surface area contributed by atoms with Gasteiger partial charge < -0.3 is 39.6 Å². The maximum Gasteiger partial charge on any atom is 0.408 e. The van der Waals surface area contributed by atoms with Crippen molar-refractivity contribution in [1.29, 1.82) is 0 Å². The number of aliphatic hydroxyl groups excluding tert-OH is 1. The zero-order chi connectivity index (χ0) is 27.9. The van der Waals surface area contributed by atoms with E-state index in [2.05, 4.69) is 10.6 Å². The summed E-state index contributed by atoms with van der Waals surface area (Å²) in [5.74, 6) is -1.23. The Balaban J connectivity index is 5.30. The molecule has 0 aliphatic heterocycles. The van der Waals surface area contributed by atoms with E-state index in [1.165, 1.54) is 14.2 Å². The van der Waals surface area contributed by atoms with Gasteiger partial charge in [0.2, 0.25) is 0 Å². The summed E-state index contributed by atoms with van der Waals surface area (Å²) in [6.45, 7) is 11.6. The highest BCUT2D eigenvalue weighted by Gasteiger charge is 2.28. The number of amides is 2. The van der Waals surface area contributed by atoms with Gasteiger partial charge in [0.25, 0.3) is 0 Å². The molecule has 0 aromatic heterocycles. The van der Waals surface area contributed by atoms with Crippen LogP contribution in [0.1, 0.15) is 67.2 Å². The number of hydrogen-bond acceptors (Lipinski definition) is 10. The molecule has 0 radical (unpaired) electrons. The van der Waals surface area contributed by atoms with E-state index in [1.54, 1.807) is 41.5 Å². The highest BCUT2D eigenvalue weighted by Crippen LogP contribution is 2.10. The Morgan fingerprint density at radius 1 is 0.722 bits per heavy atom. The number of methoxy groups -OCH3 is 2. The average molecular weight is 520 g/mol. The number of esters is 2. The molecule has 0 bridgehead atoms. The molecule has 0 saturated carbocycles. The number of nitrogens with zero attached hydrogens (tertiary/aromatic N) is 1. The fourth-order valence-electron chi connectivity index (χ4n) is 3.09. The number of aliphatic hydroxyl groups is 1. The lowest BCUT2D eigenvalue weighted by molar-refractivity contribution is -0.143. The molecule has 2 unspecified atom stereocenters. The first kappa shape index (κ1) is 33.4. The smallest absolute Gasteiger partial charge is 0.408 e. The zero-order valence-electron chi connectivity index (χ0n) is 23.0. The number of nitrogens with one attached hydrogen (secondary N) is 2. The van der Waals surface area contributed by atoms with E-state index >= 15 is 0 Å². The number of carbonyl (C=O) groups is 4.